The Labute approximate surface area is 109 Å². The Hall–Kier alpha value is -1.88. The second-order valence-electron chi connectivity index (χ2n) is 4.20. The molecule has 4 nitrogen and oxygen atoms in total. The van der Waals surface area contributed by atoms with Crippen molar-refractivity contribution in [2.24, 2.45) is 0 Å². The molecule has 0 spiro atoms. The molecule has 0 radical (unpaired) electrons. The molecule has 0 aliphatic carbocycles. The van der Waals surface area contributed by atoms with Crippen molar-refractivity contribution < 1.29 is 4.79 Å². The van der Waals surface area contributed by atoms with Crippen LogP contribution in [0.25, 0.3) is 0 Å². The van der Waals surface area contributed by atoms with E-state index >= 15 is 0 Å². The molecule has 1 aliphatic heterocycles. The van der Waals surface area contributed by atoms with E-state index in [0.717, 1.165) is 23.5 Å². The van der Waals surface area contributed by atoms with Crippen molar-refractivity contribution >= 4 is 22.9 Å². The number of anilines is 1. The Balaban J connectivity index is 1.69. The average Bonchev–Trinajstić information content (AvgIpc) is 3.05. The summed E-state index contributed by atoms with van der Waals surface area (Å²) < 4.78 is 0. The van der Waals surface area contributed by atoms with Gasteiger partial charge in [0, 0.05) is 28.9 Å². The predicted molar refractivity (Wildman–Crippen MR) is 71.9 cm³/mol. The zero-order chi connectivity index (χ0) is 12.4. The number of hydrogen-bond donors (Lipinski definition) is 2. The smallest absolute Gasteiger partial charge is 0.251 e. The van der Waals surface area contributed by atoms with Crippen LogP contribution < -0.4 is 10.6 Å². The highest BCUT2D eigenvalue weighted by molar-refractivity contribution is 7.09. The summed E-state index contributed by atoms with van der Waals surface area (Å²) in [5.41, 5.74) is 4.84. The summed E-state index contributed by atoms with van der Waals surface area (Å²) in [6.45, 7) is 1.50. The van der Waals surface area contributed by atoms with Crippen molar-refractivity contribution in [1.29, 1.82) is 0 Å². The van der Waals surface area contributed by atoms with Gasteiger partial charge in [-0.2, -0.15) is 0 Å². The van der Waals surface area contributed by atoms with Crippen LogP contribution in [0.1, 0.15) is 20.8 Å². The predicted octanol–water partition coefficient (Wildman–Crippen LogP) is 2.04. The molecule has 2 N–H and O–H groups in total. The van der Waals surface area contributed by atoms with E-state index in [4.69, 9.17) is 0 Å². The Morgan fingerprint density at radius 2 is 2.44 bits per heavy atom. The molecule has 1 aromatic heterocycles. The van der Waals surface area contributed by atoms with E-state index in [0.29, 0.717) is 12.1 Å². The summed E-state index contributed by atoms with van der Waals surface area (Å²) in [7, 11) is 0. The summed E-state index contributed by atoms with van der Waals surface area (Å²) in [5, 5.41) is 6.17. The van der Waals surface area contributed by atoms with E-state index in [1.54, 1.807) is 23.0 Å². The Bertz CT molecular complexity index is 566. The molecular weight excluding hydrogens is 246 g/mol. The number of carbonyl (C=O) groups is 1. The van der Waals surface area contributed by atoms with Crippen LogP contribution in [0.5, 0.6) is 0 Å². The third kappa shape index (κ3) is 2.22. The Kier molecular flexibility index (Phi) is 2.98. The van der Waals surface area contributed by atoms with Crippen LogP contribution in [-0.4, -0.2) is 17.4 Å². The SMILES string of the molecule is O=C(NCc1cncs1)c1ccc2c(c1)NCC2. The van der Waals surface area contributed by atoms with E-state index in [2.05, 4.69) is 15.6 Å². The minimum atomic E-state index is -0.0418. The summed E-state index contributed by atoms with van der Waals surface area (Å²) in [5.74, 6) is -0.0418. The zero-order valence-electron chi connectivity index (χ0n) is 9.77. The average molecular weight is 259 g/mol. The maximum atomic E-state index is 12.0. The van der Waals surface area contributed by atoms with E-state index in [1.807, 2.05) is 18.2 Å². The van der Waals surface area contributed by atoms with Gasteiger partial charge in [0.1, 0.15) is 0 Å². The molecule has 0 saturated heterocycles. The van der Waals surface area contributed by atoms with Gasteiger partial charge in [-0.05, 0) is 24.1 Å². The topological polar surface area (TPSA) is 54.0 Å². The molecule has 1 aliphatic rings. The summed E-state index contributed by atoms with van der Waals surface area (Å²) in [6.07, 6.45) is 2.81. The number of fused-ring (bicyclic) bond motifs is 1. The molecule has 1 amide bonds. The monoisotopic (exact) mass is 259 g/mol. The standard InChI is InChI=1S/C13H13N3OS/c17-13(16-7-11-6-14-8-18-11)10-2-1-9-3-4-15-12(9)5-10/h1-2,5-6,8,15H,3-4,7H2,(H,16,17). The molecule has 0 atom stereocenters. The molecule has 1 aromatic carbocycles. The lowest BCUT2D eigenvalue weighted by Crippen LogP contribution is -2.22. The number of amides is 1. The number of benzene rings is 1. The van der Waals surface area contributed by atoms with Crippen LogP contribution in [0, 0.1) is 0 Å². The van der Waals surface area contributed by atoms with Gasteiger partial charge in [0.15, 0.2) is 0 Å². The van der Waals surface area contributed by atoms with Gasteiger partial charge in [-0.25, -0.2) is 0 Å². The van der Waals surface area contributed by atoms with Crippen molar-refractivity contribution in [3.63, 3.8) is 0 Å². The molecule has 2 heterocycles. The molecular formula is C13H13N3OS. The molecule has 0 unspecified atom stereocenters. The fourth-order valence-electron chi connectivity index (χ4n) is 2.03. The lowest BCUT2D eigenvalue weighted by molar-refractivity contribution is 0.0951. The second kappa shape index (κ2) is 4.78. The van der Waals surface area contributed by atoms with Gasteiger partial charge >= 0.3 is 0 Å². The highest BCUT2D eigenvalue weighted by atomic mass is 32.1. The number of nitrogens with zero attached hydrogens (tertiary/aromatic N) is 1. The quantitative estimate of drug-likeness (QED) is 0.887. The molecule has 18 heavy (non-hydrogen) atoms. The van der Waals surface area contributed by atoms with Crippen LogP contribution in [0.15, 0.2) is 29.9 Å². The van der Waals surface area contributed by atoms with Gasteiger partial charge in [-0.1, -0.05) is 6.07 Å². The number of rotatable bonds is 3. The Morgan fingerprint density at radius 1 is 1.50 bits per heavy atom. The highest BCUT2D eigenvalue weighted by Gasteiger charge is 2.13. The summed E-state index contributed by atoms with van der Waals surface area (Å²) in [6, 6.07) is 5.83. The first-order valence-corrected chi connectivity index (χ1v) is 6.73. The molecule has 2 aromatic rings. The first kappa shape index (κ1) is 11.2. The van der Waals surface area contributed by atoms with Gasteiger partial charge in [0.2, 0.25) is 0 Å². The van der Waals surface area contributed by atoms with Crippen LogP contribution in [0.4, 0.5) is 5.69 Å². The lowest BCUT2D eigenvalue weighted by Gasteiger charge is -2.06. The normalized spacial score (nSPS) is 12.9. The van der Waals surface area contributed by atoms with Gasteiger partial charge < -0.3 is 10.6 Å². The third-order valence-electron chi connectivity index (χ3n) is 2.99. The van der Waals surface area contributed by atoms with Gasteiger partial charge in [-0.15, -0.1) is 11.3 Å². The first-order chi connectivity index (χ1) is 8.83. The van der Waals surface area contributed by atoms with Gasteiger partial charge in [0.05, 0.1) is 12.1 Å². The van der Waals surface area contributed by atoms with Gasteiger partial charge in [0.25, 0.3) is 5.91 Å². The molecule has 92 valence electrons. The third-order valence-corrected chi connectivity index (χ3v) is 3.77. The van der Waals surface area contributed by atoms with E-state index < -0.39 is 0 Å². The zero-order valence-corrected chi connectivity index (χ0v) is 10.6. The van der Waals surface area contributed by atoms with E-state index in [-0.39, 0.29) is 5.91 Å². The van der Waals surface area contributed by atoms with Crippen molar-refractivity contribution in [3.05, 3.63) is 45.9 Å². The van der Waals surface area contributed by atoms with Crippen molar-refractivity contribution in [1.82, 2.24) is 10.3 Å². The molecule has 0 bridgehead atoms. The second-order valence-corrected chi connectivity index (χ2v) is 5.17. The number of nitrogens with one attached hydrogen (secondary N) is 2. The van der Waals surface area contributed by atoms with E-state index in [1.165, 1.54) is 5.56 Å². The largest absolute Gasteiger partial charge is 0.384 e. The van der Waals surface area contributed by atoms with Crippen LogP contribution in [-0.2, 0) is 13.0 Å². The maximum Gasteiger partial charge on any atom is 0.251 e. The summed E-state index contributed by atoms with van der Waals surface area (Å²) >= 11 is 1.54. The highest BCUT2D eigenvalue weighted by Crippen LogP contribution is 2.23. The fourth-order valence-corrected chi connectivity index (χ4v) is 2.57. The fraction of sp³-hybridized carbons (Fsp3) is 0.231. The number of carbonyl (C=O) groups excluding carboxylic acids is 1. The molecule has 5 heteroatoms. The molecule has 0 saturated carbocycles. The minimum Gasteiger partial charge on any atom is -0.384 e. The number of thiazole rings is 1. The molecule has 3 rings (SSSR count). The van der Waals surface area contributed by atoms with E-state index in [9.17, 15) is 4.79 Å². The number of hydrogen-bond acceptors (Lipinski definition) is 4. The van der Waals surface area contributed by atoms with Crippen LogP contribution in [0.2, 0.25) is 0 Å². The minimum absolute atomic E-state index is 0.0418. The lowest BCUT2D eigenvalue weighted by atomic mass is 10.1. The summed E-state index contributed by atoms with van der Waals surface area (Å²) in [4.78, 5) is 17.0. The van der Waals surface area contributed by atoms with Crippen molar-refractivity contribution in [3.8, 4) is 0 Å². The van der Waals surface area contributed by atoms with Crippen molar-refractivity contribution in [2.45, 2.75) is 13.0 Å². The maximum absolute atomic E-state index is 12.0. The van der Waals surface area contributed by atoms with Crippen LogP contribution >= 0.6 is 11.3 Å². The number of aromatic nitrogens is 1. The van der Waals surface area contributed by atoms with Crippen molar-refractivity contribution in [2.75, 3.05) is 11.9 Å². The van der Waals surface area contributed by atoms with Crippen LogP contribution in [0.3, 0.4) is 0 Å². The molecule has 0 fully saturated rings. The first-order valence-electron chi connectivity index (χ1n) is 5.85. The van der Waals surface area contributed by atoms with Gasteiger partial charge in [-0.3, -0.25) is 9.78 Å². The Morgan fingerprint density at radius 3 is 3.28 bits per heavy atom.